The molecule has 0 unspecified atom stereocenters. The Morgan fingerprint density at radius 1 is 1.03 bits per heavy atom. The smallest absolute Gasteiger partial charge is 0.350 e. The average Bonchev–Trinajstić information content (AvgIpc) is 3.18. The van der Waals surface area contributed by atoms with E-state index < -0.39 is 21.5 Å². The number of carbonyl (C=O) groups excluding carboxylic acids is 1. The Morgan fingerprint density at radius 3 is 2.58 bits per heavy atom. The lowest BCUT2D eigenvalue weighted by atomic mass is 9.55. The van der Waals surface area contributed by atoms with Crippen molar-refractivity contribution < 1.29 is 26.7 Å². The zero-order valence-corrected chi connectivity index (χ0v) is 21.5. The predicted octanol–water partition coefficient (Wildman–Crippen LogP) is 6.73. The molecule has 3 aliphatic rings. The van der Waals surface area contributed by atoms with Crippen LogP contribution in [0.5, 0.6) is 5.75 Å². The molecular formula is C29H34F2O4S. The van der Waals surface area contributed by atoms with E-state index in [4.69, 9.17) is 4.74 Å². The van der Waals surface area contributed by atoms with Gasteiger partial charge in [0.25, 0.3) is 0 Å². The van der Waals surface area contributed by atoms with Gasteiger partial charge in [-0.25, -0.2) is 8.42 Å². The van der Waals surface area contributed by atoms with E-state index in [0.717, 1.165) is 44.3 Å². The summed E-state index contributed by atoms with van der Waals surface area (Å²) >= 11 is 0. The maximum atomic E-state index is 14.4. The summed E-state index contributed by atoms with van der Waals surface area (Å²) in [6.45, 7) is 2.44. The lowest BCUT2D eigenvalue weighted by Crippen LogP contribution is -2.42. The molecule has 194 valence electrons. The van der Waals surface area contributed by atoms with Gasteiger partial charge in [0.15, 0.2) is 0 Å². The summed E-state index contributed by atoms with van der Waals surface area (Å²) in [5.41, 5.74) is 2.55. The fourth-order valence-corrected chi connectivity index (χ4v) is 8.22. The number of ether oxygens (including phenoxy) is 1. The maximum Gasteiger partial charge on any atom is 0.350 e. The molecule has 2 fully saturated rings. The second-order valence-corrected chi connectivity index (χ2v) is 13.0. The van der Waals surface area contributed by atoms with E-state index in [1.807, 2.05) is 6.07 Å². The highest BCUT2D eigenvalue weighted by Gasteiger charge is 2.54. The Labute approximate surface area is 212 Å². The highest BCUT2D eigenvalue weighted by molar-refractivity contribution is 7.92. The molecule has 3 aliphatic carbocycles. The number of sulfone groups is 1. The van der Waals surface area contributed by atoms with Gasteiger partial charge in [-0.05, 0) is 98.1 Å². The van der Waals surface area contributed by atoms with Crippen molar-refractivity contribution in [2.45, 2.75) is 80.8 Å². The van der Waals surface area contributed by atoms with E-state index in [-0.39, 0.29) is 23.3 Å². The van der Waals surface area contributed by atoms with Crippen molar-refractivity contribution >= 4 is 15.6 Å². The molecule has 0 radical (unpaired) electrons. The number of hydrogen-bond donors (Lipinski definition) is 0. The lowest BCUT2D eigenvalue weighted by molar-refractivity contribution is -0.129. The van der Waals surface area contributed by atoms with Gasteiger partial charge in [0, 0.05) is 18.3 Å². The minimum absolute atomic E-state index is 0.0482. The van der Waals surface area contributed by atoms with E-state index in [2.05, 4.69) is 19.1 Å². The molecule has 5 rings (SSSR count). The van der Waals surface area contributed by atoms with Crippen molar-refractivity contribution in [2.24, 2.45) is 17.3 Å². The van der Waals surface area contributed by atoms with Crippen molar-refractivity contribution in [3.8, 4) is 5.75 Å². The Hall–Kier alpha value is -2.28. The van der Waals surface area contributed by atoms with E-state index >= 15 is 0 Å². The molecule has 2 aromatic rings. The topological polar surface area (TPSA) is 60.4 Å². The number of aryl methyl sites for hydroxylation is 1. The van der Waals surface area contributed by atoms with Gasteiger partial charge in [-0.15, -0.1) is 0 Å². The SMILES string of the molecule is C[C@]12CC[C@@H]3c4ccc(OCCCCC(F)(F)S(=O)(=O)c5ccccc5)cc4CC[C@H]3[C@@H]1CCC2=O. The number of alkyl halides is 2. The molecule has 0 aromatic heterocycles. The number of halogens is 2. The van der Waals surface area contributed by atoms with Crippen molar-refractivity contribution in [1.82, 2.24) is 0 Å². The Kier molecular flexibility index (Phi) is 6.73. The van der Waals surface area contributed by atoms with Crippen LogP contribution in [-0.4, -0.2) is 26.1 Å². The fourth-order valence-electron chi connectivity index (χ4n) is 6.95. The summed E-state index contributed by atoms with van der Waals surface area (Å²) in [7, 11) is -4.70. The third-order valence-corrected chi connectivity index (χ3v) is 10.9. The molecule has 0 spiro atoms. The Balaban J connectivity index is 1.15. The standard InChI is InChI=1S/C29H34F2O4S/c1-28-17-15-24-23-12-10-21(19-20(23)9-11-25(24)26(28)13-14-27(28)32)35-18-6-5-16-29(30,31)36(33,34)22-7-3-2-4-8-22/h2-4,7-8,10,12,19,24-26H,5-6,9,11,13-18H2,1H3/t24-,25-,26+,28+/m1/s1. The quantitative estimate of drug-likeness (QED) is 0.365. The summed E-state index contributed by atoms with van der Waals surface area (Å²) in [5.74, 6) is 2.75. The highest BCUT2D eigenvalue weighted by Crippen LogP contribution is 2.59. The minimum atomic E-state index is -4.70. The van der Waals surface area contributed by atoms with Gasteiger partial charge >= 0.3 is 5.25 Å². The molecule has 0 N–H and O–H groups in total. The fraction of sp³-hybridized carbons (Fsp3) is 0.552. The van der Waals surface area contributed by atoms with Crippen molar-refractivity contribution in [2.75, 3.05) is 6.61 Å². The van der Waals surface area contributed by atoms with Crippen LogP contribution in [0.2, 0.25) is 0 Å². The van der Waals surface area contributed by atoms with Gasteiger partial charge in [-0.2, -0.15) is 8.78 Å². The number of hydrogen-bond acceptors (Lipinski definition) is 4. The van der Waals surface area contributed by atoms with Crippen LogP contribution in [0.25, 0.3) is 0 Å². The summed E-state index contributed by atoms with van der Waals surface area (Å²) in [4.78, 5) is 12.2. The van der Waals surface area contributed by atoms with E-state index in [9.17, 15) is 22.0 Å². The summed E-state index contributed by atoms with van der Waals surface area (Å²) < 4.78 is 59.3. The number of rotatable bonds is 8. The van der Waals surface area contributed by atoms with Crippen LogP contribution < -0.4 is 4.74 Å². The second kappa shape index (κ2) is 9.55. The van der Waals surface area contributed by atoms with Crippen LogP contribution >= 0.6 is 0 Å². The van der Waals surface area contributed by atoms with Crippen LogP contribution in [0.15, 0.2) is 53.4 Å². The van der Waals surface area contributed by atoms with Gasteiger partial charge < -0.3 is 4.74 Å². The molecule has 0 saturated heterocycles. The Bertz CT molecular complexity index is 1230. The first-order chi connectivity index (χ1) is 17.1. The number of unbranched alkanes of at least 4 members (excludes halogenated alkanes) is 1. The molecule has 2 aromatic carbocycles. The third-order valence-electron chi connectivity index (χ3n) is 8.98. The van der Waals surface area contributed by atoms with Gasteiger partial charge in [0.2, 0.25) is 9.84 Å². The molecule has 2 saturated carbocycles. The predicted molar refractivity (Wildman–Crippen MR) is 134 cm³/mol. The first-order valence-electron chi connectivity index (χ1n) is 13.1. The number of fused-ring (bicyclic) bond motifs is 5. The Morgan fingerprint density at radius 2 is 1.81 bits per heavy atom. The minimum Gasteiger partial charge on any atom is -0.494 e. The number of ketones is 1. The van der Waals surface area contributed by atoms with Crippen LogP contribution in [-0.2, 0) is 21.1 Å². The molecule has 4 nitrogen and oxygen atoms in total. The van der Waals surface area contributed by atoms with Crippen LogP contribution in [0, 0.1) is 17.3 Å². The first-order valence-corrected chi connectivity index (χ1v) is 14.6. The van der Waals surface area contributed by atoms with Gasteiger partial charge in [-0.1, -0.05) is 31.2 Å². The third kappa shape index (κ3) is 4.37. The zero-order valence-electron chi connectivity index (χ0n) is 20.7. The first kappa shape index (κ1) is 25.4. The summed E-state index contributed by atoms with van der Waals surface area (Å²) in [6, 6.07) is 13.1. The average molecular weight is 517 g/mol. The molecule has 0 amide bonds. The number of benzene rings is 2. The van der Waals surface area contributed by atoms with Crippen molar-refractivity contribution in [3.05, 3.63) is 59.7 Å². The molecule has 0 bridgehead atoms. The highest BCUT2D eigenvalue weighted by atomic mass is 32.2. The molecular weight excluding hydrogens is 482 g/mol. The molecule has 0 heterocycles. The molecule has 7 heteroatoms. The number of carbonyl (C=O) groups is 1. The zero-order chi connectivity index (χ0) is 25.6. The monoisotopic (exact) mass is 516 g/mol. The van der Waals surface area contributed by atoms with Gasteiger partial charge in [0.05, 0.1) is 11.5 Å². The van der Waals surface area contributed by atoms with Crippen LogP contribution in [0.1, 0.15) is 75.3 Å². The summed E-state index contributed by atoms with van der Waals surface area (Å²) in [5, 5.41) is -3.81. The molecule has 0 aliphatic heterocycles. The lowest BCUT2D eigenvalue weighted by Gasteiger charge is -2.48. The van der Waals surface area contributed by atoms with Crippen molar-refractivity contribution in [1.29, 1.82) is 0 Å². The van der Waals surface area contributed by atoms with E-state index in [1.54, 1.807) is 6.07 Å². The van der Waals surface area contributed by atoms with E-state index in [0.29, 0.717) is 30.0 Å². The summed E-state index contributed by atoms with van der Waals surface area (Å²) in [6.07, 6.45) is 5.51. The second-order valence-electron chi connectivity index (χ2n) is 11.0. The normalized spacial score (nSPS) is 27.8. The van der Waals surface area contributed by atoms with Crippen LogP contribution in [0.3, 0.4) is 0 Å². The molecule has 4 atom stereocenters. The number of Topliss-reactive ketones (excluding diaryl/α,β-unsaturated/α-hetero) is 1. The van der Waals surface area contributed by atoms with E-state index in [1.165, 1.54) is 35.4 Å². The maximum absolute atomic E-state index is 14.4. The van der Waals surface area contributed by atoms with Gasteiger partial charge in [0.1, 0.15) is 11.5 Å². The van der Waals surface area contributed by atoms with Crippen molar-refractivity contribution in [3.63, 3.8) is 0 Å². The van der Waals surface area contributed by atoms with Crippen LogP contribution in [0.4, 0.5) is 8.78 Å². The van der Waals surface area contributed by atoms with Gasteiger partial charge in [-0.3, -0.25) is 4.79 Å². The largest absolute Gasteiger partial charge is 0.494 e. The molecule has 36 heavy (non-hydrogen) atoms.